The highest BCUT2D eigenvalue weighted by atomic mass is 19.1. The van der Waals surface area contributed by atoms with Gasteiger partial charge in [-0.3, -0.25) is 0 Å². The van der Waals surface area contributed by atoms with Crippen LogP contribution in [0.1, 0.15) is 11.6 Å². The molecular formula is C12H13FN2. The highest BCUT2D eigenvalue weighted by Crippen LogP contribution is 2.26. The third-order valence-electron chi connectivity index (χ3n) is 3.15. The van der Waals surface area contributed by atoms with Crippen molar-refractivity contribution < 1.29 is 4.39 Å². The van der Waals surface area contributed by atoms with Gasteiger partial charge in [-0.2, -0.15) is 0 Å². The van der Waals surface area contributed by atoms with Crippen LogP contribution in [0, 0.1) is 12.7 Å². The standard InChI is InChI=1S/C12H13FN2/c1-8-7-15(10-5-14-6-10)12-3-2-9(13)4-11(8)12/h2-4,7,10,14H,5-6H2,1H3. The van der Waals surface area contributed by atoms with Crippen LogP contribution >= 0.6 is 0 Å². The van der Waals surface area contributed by atoms with Gasteiger partial charge in [0.05, 0.1) is 6.04 Å². The highest BCUT2D eigenvalue weighted by Gasteiger charge is 2.20. The molecule has 3 rings (SSSR count). The minimum atomic E-state index is -0.157. The van der Waals surface area contributed by atoms with E-state index in [0.29, 0.717) is 6.04 Å². The molecule has 1 N–H and O–H groups in total. The number of nitrogens with one attached hydrogen (secondary N) is 1. The van der Waals surface area contributed by atoms with Crippen molar-refractivity contribution >= 4 is 10.9 Å². The fraction of sp³-hybridized carbons (Fsp3) is 0.333. The maximum absolute atomic E-state index is 13.1. The van der Waals surface area contributed by atoms with Crippen LogP contribution in [0.2, 0.25) is 0 Å². The Morgan fingerprint density at radius 2 is 2.20 bits per heavy atom. The van der Waals surface area contributed by atoms with Crippen molar-refractivity contribution in [3.63, 3.8) is 0 Å². The third kappa shape index (κ3) is 1.27. The first-order chi connectivity index (χ1) is 7.25. The van der Waals surface area contributed by atoms with Crippen molar-refractivity contribution in [1.82, 2.24) is 9.88 Å². The molecule has 1 fully saturated rings. The Labute approximate surface area is 87.7 Å². The van der Waals surface area contributed by atoms with Crippen LogP contribution < -0.4 is 5.32 Å². The van der Waals surface area contributed by atoms with Crippen molar-refractivity contribution in [2.75, 3.05) is 13.1 Å². The quantitative estimate of drug-likeness (QED) is 0.753. The number of hydrogen-bond acceptors (Lipinski definition) is 1. The summed E-state index contributed by atoms with van der Waals surface area (Å²) in [5, 5.41) is 4.28. The molecule has 78 valence electrons. The minimum absolute atomic E-state index is 0.157. The molecule has 0 spiro atoms. The normalized spacial score (nSPS) is 16.9. The Balaban J connectivity index is 2.22. The van der Waals surface area contributed by atoms with E-state index in [2.05, 4.69) is 16.1 Å². The molecule has 0 amide bonds. The molecule has 1 aliphatic rings. The van der Waals surface area contributed by atoms with E-state index in [4.69, 9.17) is 0 Å². The zero-order chi connectivity index (χ0) is 10.4. The highest BCUT2D eigenvalue weighted by molar-refractivity contribution is 5.84. The van der Waals surface area contributed by atoms with Crippen LogP contribution in [0.3, 0.4) is 0 Å². The van der Waals surface area contributed by atoms with E-state index in [9.17, 15) is 4.39 Å². The fourth-order valence-corrected chi connectivity index (χ4v) is 2.17. The van der Waals surface area contributed by atoms with E-state index in [0.717, 1.165) is 29.6 Å². The molecule has 0 saturated carbocycles. The first-order valence-electron chi connectivity index (χ1n) is 5.23. The number of aromatic nitrogens is 1. The second-order valence-corrected chi connectivity index (χ2v) is 4.19. The van der Waals surface area contributed by atoms with Crippen LogP contribution in [0.5, 0.6) is 0 Å². The Bertz CT molecular complexity index is 512. The summed E-state index contributed by atoms with van der Waals surface area (Å²) in [6.07, 6.45) is 2.12. The Hall–Kier alpha value is -1.35. The molecule has 1 aliphatic heterocycles. The number of fused-ring (bicyclic) bond motifs is 1. The molecule has 1 aromatic carbocycles. The molecular weight excluding hydrogens is 191 g/mol. The van der Waals surface area contributed by atoms with Crippen LogP contribution in [-0.2, 0) is 0 Å². The third-order valence-corrected chi connectivity index (χ3v) is 3.15. The summed E-state index contributed by atoms with van der Waals surface area (Å²) in [6, 6.07) is 5.56. The Kier molecular flexibility index (Phi) is 1.83. The van der Waals surface area contributed by atoms with Crippen molar-refractivity contribution in [1.29, 1.82) is 0 Å². The number of hydrogen-bond donors (Lipinski definition) is 1. The predicted molar refractivity (Wildman–Crippen MR) is 58.5 cm³/mol. The SMILES string of the molecule is Cc1cn(C2CNC2)c2ccc(F)cc12. The van der Waals surface area contributed by atoms with Gasteiger partial charge in [0.25, 0.3) is 0 Å². The van der Waals surface area contributed by atoms with E-state index < -0.39 is 0 Å². The van der Waals surface area contributed by atoms with Gasteiger partial charge in [-0.05, 0) is 30.7 Å². The lowest BCUT2D eigenvalue weighted by atomic mass is 10.1. The van der Waals surface area contributed by atoms with Gasteiger partial charge in [-0.15, -0.1) is 0 Å². The molecule has 2 aromatic rings. The van der Waals surface area contributed by atoms with Crippen molar-refractivity contribution in [2.24, 2.45) is 0 Å². The smallest absolute Gasteiger partial charge is 0.123 e. The minimum Gasteiger partial charge on any atom is -0.342 e. The maximum atomic E-state index is 13.1. The van der Waals surface area contributed by atoms with E-state index in [1.54, 1.807) is 6.07 Å². The predicted octanol–water partition coefficient (Wildman–Crippen LogP) is 2.23. The summed E-state index contributed by atoms with van der Waals surface area (Å²) in [4.78, 5) is 0. The van der Waals surface area contributed by atoms with Crippen molar-refractivity contribution in [3.05, 3.63) is 35.8 Å². The second kappa shape index (κ2) is 3.07. The molecule has 0 aliphatic carbocycles. The lowest BCUT2D eigenvalue weighted by Crippen LogP contribution is -2.43. The maximum Gasteiger partial charge on any atom is 0.123 e. The van der Waals surface area contributed by atoms with Gasteiger partial charge in [-0.25, -0.2) is 4.39 Å². The Morgan fingerprint density at radius 3 is 2.87 bits per heavy atom. The summed E-state index contributed by atoms with van der Waals surface area (Å²) in [5.74, 6) is -0.157. The zero-order valence-corrected chi connectivity index (χ0v) is 8.63. The molecule has 0 radical (unpaired) electrons. The lowest BCUT2D eigenvalue weighted by molar-refractivity contribution is 0.351. The van der Waals surface area contributed by atoms with E-state index in [-0.39, 0.29) is 5.82 Å². The van der Waals surface area contributed by atoms with E-state index >= 15 is 0 Å². The van der Waals surface area contributed by atoms with Crippen molar-refractivity contribution in [2.45, 2.75) is 13.0 Å². The number of halogens is 1. The van der Waals surface area contributed by atoms with E-state index in [1.807, 2.05) is 13.0 Å². The van der Waals surface area contributed by atoms with Crippen molar-refractivity contribution in [3.8, 4) is 0 Å². The van der Waals surface area contributed by atoms with Gasteiger partial charge in [0.15, 0.2) is 0 Å². The molecule has 2 heterocycles. The summed E-state index contributed by atoms with van der Waals surface area (Å²) in [7, 11) is 0. The molecule has 0 unspecified atom stereocenters. The number of rotatable bonds is 1. The van der Waals surface area contributed by atoms with Crippen LogP contribution in [0.15, 0.2) is 24.4 Å². The van der Waals surface area contributed by atoms with E-state index in [1.165, 1.54) is 6.07 Å². The molecule has 0 bridgehead atoms. The van der Waals surface area contributed by atoms with Gasteiger partial charge in [0, 0.05) is 30.2 Å². The van der Waals surface area contributed by atoms with Gasteiger partial charge in [-0.1, -0.05) is 0 Å². The molecule has 15 heavy (non-hydrogen) atoms. The van der Waals surface area contributed by atoms with Crippen LogP contribution in [-0.4, -0.2) is 17.7 Å². The first-order valence-corrected chi connectivity index (χ1v) is 5.23. The zero-order valence-electron chi connectivity index (χ0n) is 8.63. The second-order valence-electron chi connectivity index (χ2n) is 4.19. The molecule has 0 atom stereocenters. The van der Waals surface area contributed by atoms with Gasteiger partial charge >= 0.3 is 0 Å². The summed E-state index contributed by atoms with van der Waals surface area (Å²) < 4.78 is 15.4. The molecule has 2 nitrogen and oxygen atoms in total. The molecule has 1 aromatic heterocycles. The number of aryl methyl sites for hydroxylation is 1. The largest absolute Gasteiger partial charge is 0.342 e. The van der Waals surface area contributed by atoms with Crippen LogP contribution in [0.25, 0.3) is 10.9 Å². The number of nitrogens with zero attached hydrogens (tertiary/aromatic N) is 1. The average Bonchev–Trinajstić information content (AvgIpc) is 2.41. The molecule has 3 heteroatoms. The summed E-state index contributed by atoms with van der Waals surface area (Å²) in [5.41, 5.74) is 2.29. The fourth-order valence-electron chi connectivity index (χ4n) is 2.17. The average molecular weight is 204 g/mol. The first kappa shape index (κ1) is 8.92. The lowest BCUT2D eigenvalue weighted by Gasteiger charge is -2.29. The number of benzene rings is 1. The van der Waals surface area contributed by atoms with Gasteiger partial charge < -0.3 is 9.88 Å². The summed E-state index contributed by atoms with van der Waals surface area (Å²) in [6.45, 7) is 4.06. The van der Waals surface area contributed by atoms with Gasteiger partial charge in [0.2, 0.25) is 0 Å². The molecule has 1 saturated heterocycles. The topological polar surface area (TPSA) is 17.0 Å². The summed E-state index contributed by atoms with van der Waals surface area (Å²) >= 11 is 0. The Morgan fingerprint density at radius 1 is 1.40 bits per heavy atom. The monoisotopic (exact) mass is 204 g/mol. The van der Waals surface area contributed by atoms with Gasteiger partial charge in [0.1, 0.15) is 5.82 Å². The van der Waals surface area contributed by atoms with Crippen LogP contribution in [0.4, 0.5) is 4.39 Å².